The number of hydrazone groups is 1. The van der Waals surface area contributed by atoms with E-state index in [0.29, 0.717) is 22.5 Å². The smallest absolute Gasteiger partial charge is 0.414 e. The number of aromatic amines is 1. The number of benzene rings is 1. The number of anilines is 1. The Bertz CT molecular complexity index is 1160. The third kappa shape index (κ3) is 6.54. The van der Waals surface area contributed by atoms with E-state index >= 15 is 0 Å². The van der Waals surface area contributed by atoms with E-state index in [2.05, 4.69) is 25.5 Å². The third-order valence-corrected chi connectivity index (χ3v) is 5.16. The van der Waals surface area contributed by atoms with E-state index in [4.69, 9.17) is 28.5 Å². The molecule has 1 aromatic carbocycles. The molecule has 1 aromatic heterocycles. The molecule has 0 fully saturated rings. The Kier molecular flexibility index (Phi) is 8.96. The number of aromatic nitrogens is 2. The molecule has 1 unspecified atom stereocenters. The van der Waals surface area contributed by atoms with Crippen molar-refractivity contribution in [1.82, 2.24) is 15.5 Å². The van der Waals surface area contributed by atoms with Crippen LogP contribution >= 0.6 is 23.2 Å². The molecule has 0 aliphatic carbocycles. The minimum absolute atomic E-state index is 0.00782. The van der Waals surface area contributed by atoms with Gasteiger partial charge < -0.3 is 4.74 Å². The second kappa shape index (κ2) is 11.4. The molecule has 2 aromatic rings. The number of ether oxygens (including phenoxy) is 1. The molecule has 0 aliphatic heterocycles. The second-order valence-corrected chi connectivity index (χ2v) is 7.98. The summed E-state index contributed by atoms with van der Waals surface area (Å²) >= 11 is 12.9. The molecular weight excluding hydrogens is 471 g/mol. The zero-order valence-electron chi connectivity index (χ0n) is 18.3. The van der Waals surface area contributed by atoms with Crippen molar-refractivity contribution in [1.29, 1.82) is 5.26 Å². The molecule has 1 atom stereocenters. The van der Waals surface area contributed by atoms with E-state index in [1.54, 1.807) is 19.1 Å². The first-order valence-electron chi connectivity index (χ1n) is 9.89. The molecule has 2 amide bonds. The maximum Gasteiger partial charge on any atom is 0.414 e. The van der Waals surface area contributed by atoms with Crippen LogP contribution in [-0.2, 0) is 9.53 Å². The Morgan fingerprint density at radius 2 is 1.88 bits per heavy atom. The fraction of sp³-hybridized carbons (Fsp3) is 0.333. The average Bonchev–Trinajstić information content (AvgIpc) is 2.73. The number of hydrogen-bond acceptors (Lipinski definition) is 8. The predicted molar refractivity (Wildman–Crippen MR) is 125 cm³/mol. The number of imide groups is 1. The molecule has 3 N–H and O–H groups in total. The van der Waals surface area contributed by atoms with Crippen LogP contribution < -0.4 is 16.3 Å². The van der Waals surface area contributed by atoms with Gasteiger partial charge in [-0.3, -0.25) is 20.3 Å². The minimum atomic E-state index is -1.03. The largest absolute Gasteiger partial charge is 0.450 e. The normalized spacial score (nSPS) is 12.1. The summed E-state index contributed by atoms with van der Waals surface area (Å²) in [4.78, 5) is 35.2. The van der Waals surface area contributed by atoms with Gasteiger partial charge in [0.2, 0.25) is 5.71 Å². The van der Waals surface area contributed by atoms with Crippen LogP contribution in [0.3, 0.4) is 0 Å². The topological polar surface area (TPSA) is 149 Å². The van der Waals surface area contributed by atoms with Crippen molar-refractivity contribution >= 4 is 46.6 Å². The van der Waals surface area contributed by atoms with Gasteiger partial charge in [-0.15, -0.1) is 0 Å². The number of amides is 2. The van der Waals surface area contributed by atoms with Crippen LogP contribution in [0.1, 0.15) is 56.4 Å². The summed E-state index contributed by atoms with van der Waals surface area (Å²) < 4.78 is 4.59. The average molecular weight is 493 g/mol. The summed E-state index contributed by atoms with van der Waals surface area (Å²) in [6.07, 6.45) is -0.994. The van der Waals surface area contributed by atoms with Gasteiger partial charge >= 0.3 is 6.09 Å². The van der Waals surface area contributed by atoms with E-state index in [1.165, 1.54) is 12.1 Å². The van der Waals surface area contributed by atoms with Gasteiger partial charge in [-0.2, -0.15) is 15.5 Å². The number of alkyl carbamates (subject to hydrolysis) is 1. The molecule has 1 heterocycles. The van der Waals surface area contributed by atoms with Crippen LogP contribution in [0.25, 0.3) is 0 Å². The third-order valence-electron chi connectivity index (χ3n) is 4.54. The van der Waals surface area contributed by atoms with Crippen LogP contribution in [0.2, 0.25) is 10.0 Å². The summed E-state index contributed by atoms with van der Waals surface area (Å²) in [7, 11) is 0. The molecule has 0 saturated heterocycles. The van der Waals surface area contributed by atoms with Crippen LogP contribution in [-0.4, -0.2) is 34.5 Å². The minimum Gasteiger partial charge on any atom is -0.450 e. The molecule has 33 heavy (non-hydrogen) atoms. The lowest BCUT2D eigenvalue weighted by molar-refractivity contribution is -0.114. The fourth-order valence-corrected chi connectivity index (χ4v) is 3.68. The maximum atomic E-state index is 12.0. The Morgan fingerprint density at radius 1 is 1.24 bits per heavy atom. The molecule has 0 saturated carbocycles. The molecule has 0 bridgehead atoms. The lowest BCUT2D eigenvalue weighted by Crippen LogP contribution is -2.36. The number of hydrogen-bond donors (Lipinski definition) is 3. The van der Waals surface area contributed by atoms with Crippen LogP contribution in [0.15, 0.2) is 28.1 Å². The fourth-order valence-electron chi connectivity index (χ4n) is 2.86. The first-order valence-corrected chi connectivity index (χ1v) is 10.6. The highest BCUT2D eigenvalue weighted by Gasteiger charge is 2.21. The molecule has 10 nitrogen and oxygen atoms in total. The Morgan fingerprint density at radius 3 is 2.42 bits per heavy atom. The first kappa shape index (κ1) is 25.8. The lowest BCUT2D eigenvalue weighted by Gasteiger charge is -2.17. The van der Waals surface area contributed by atoms with E-state index in [1.807, 2.05) is 26.1 Å². The summed E-state index contributed by atoms with van der Waals surface area (Å²) in [5.41, 5.74) is 3.72. The zero-order valence-corrected chi connectivity index (χ0v) is 19.8. The number of carbonyl (C=O) groups excluding carboxylic acids is 2. The maximum absolute atomic E-state index is 12.0. The SMILES string of the molecule is CCOC(=O)NC(=O)C(C#N)=NNc1cc(Cl)c(C(C)c2cc(C(C)C)c(=O)[nH]n2)c(Cl)c1. The summed E-state index contributed by atoms with van der Waals surface area (Å²) in [6.45, 7) is 7.28. The predicted octanol–water partition coefficient (Wildman–Crippen LogP) is 3.92. The quantitative estimate of drug-likeness (QED) is 0.391. The number of carbonyl (C=O) groups is 2. The number of rotatable bonds is 7. The number of nitrogens with one attached hydrogen (secondary N) is 3. The standard InChI is InChI=1S/C21H22Cl2N6O4/c1-5-33-21(32)25-20(31)17(9-24)28-26-12-6-14(22)18(15(23)7-12)11(4)16-8-13(10(2)3)19(30)29-27-16/h6-8,10-11,26H,5H2,1-4H3,(H,29,30)(H,25,31,32). The highest BCUT2D eigenvalue weighted by Crippen LogP contribution is 2.37. The Hall–Kier alpha value is -3.42. The number of halogens is 2. The first-order chi connectivity index (χ1) is 15.6. The molecule has 12 heteroatoms. The Balaban J connectivity index is 2.28. The van der Waals surface area contributed by atoms with Crippen molar-refractivity contribution < 1.29 is 14.3 Å². The van der Waals surface area contributed by atoms with Crippen molar-refractivity contribution in [2.45, 2.75) is 39.5 Å². The van der Waals surface area contributed by atoms with Crippen molar-refractivity contribution in [2.75, 3.05) is 12.0 Å². The number of nitriles is 1. The van der Waals surface area contributed by atoms with Crippen molar-refractivity contribution in [3.63, 3.8) is 0 Å². The van der Waals surface area contributed by atoms with Crippen molar-refractivity contribution in [3.05, 3.63) is 55.4 Å². The van der Waals surface area contributed by atoms with Gasteiger partial charge in [0.1, 0.15) is 6.07 Å². The monoisotopic (exact) mass is 492 g/mol. The molecule has 174 valence electrons. The number of nitrogens with zero attached hydrogens (tertiary/aromatic N) is 3. The number of H-pyrrole nitrogens is 1. The highest BCUT2D eigenvalue weighted by atomic mass is 35.5. The van der Waals surface area contributed by atoms with Gasteiger partial charge in [0.15, 0.2) is 0 Å². The van der Waals surface area contributed by atoms with Gasteiger partial charge in [0.05, 0.1) is 18.0 Å². The van der Waals surface area contributed by atoms with Crippen molar-refractivity contribution in [3.8, 4) is 6.07 Å². The van der Waals surface area contributed by atoms with Crippen LogP contribution in [0, 0.1) is 11.3 Å². The summed E-state index contributed by atoms with van der Waals surface area (Å²) in [5, 5.41) is 21.9. The molecule has 0 aliphatic rings. The second-order valence-electron chi connectivity index (χ2n) is 7.17. The van der Waals surface area contributed by atoms with Gasteiger partial charge in [0, 0.05) is 21.5 Å². The van der Waals surface area contributed by atoms with E-state index in [0.717, 1.165) is 0 Å². The lowest BCUT2D eigenvalue weighted by atomic mass is 9.94. The van der Waals surface area contributed by atoms with E-state index in [-0.39, 0.29) is 34.0 Å². The highest BCUT2D eigenvalue weighted by molar-refractivity contribution is 6.47. The zero-order chi connectivity index (χ0) is 24.7. The van der Waals surface area contributed by atoms with Crippen molar-refractivity contribution in [2.24, 2.45) is 5.10 Å². The molecule has 0 radical (unpaired) electrons. The summed E-state index contributed by atoms with van der Waals surface area (Å²) in [5.74, 6) is -1.37. The van der Waals surface area contributed by atoms with Gasteiger partial charge in [-0.25, -0.2) is 9.89 Å². The van der Waals surface area contributed by atoms with Gasteiger partial charge in [-0.1, -0.05) is 44.0 Å². The van der Waals surface area contributed by atoms with E-state index in [9.17, 15) is 14.4 Å². The van der Waals surface area contributed by atoms with Crippen LogP contribution in [0.5, 0.6) is 0 Å². The van der Waals surface area contributed by atoms with E-state index < -0.39 is 17.7 Å². The molecule has 0 spiro atoms. The van der Waals surface area contributed by atoms with Crippen LogP contribution in [0.4, 0.5) is 10.5 Å². The molecular formula is C21H22Cl2N6O4. The molecule has 2 rings (SSSR count). The summed E-state index contributed by atoms with van der Waals surface area (Å²) in [6, 6.07) is 6.32. The van der Waals surface area contributed by atoms with Gasteiger partial charge in [-0.05, 0) is 36.6 Å². The van der Waals surface area contributed by atoms with Gasteiger partial charge in [0.25, 0.3) is 11.5 Å². The Labute approximate surface area is 199 Å².